The van der Waals surface area contributed by atoms with Crippen LogP contribution in [0.2, 0.25) is 0 Å². The summed E-state index contributed by atoms with van der Waals surface area (Å²) in [4.78, 5) is 272. The van der Waals surface area contributed by atoms with Crippen molar-refractivity contribution in [1.29, 1.82) is 5.41 Å². The number of hydrogen-bond donors (Lipinski definition) is 20. The highest BCUT2D eigenvalue weighted by Crippen LogP contribution is 2.57. The number of aliphatic hydroxyl groups excluding tert-OH is 1. The van der Waals surface area contributed by atoms with Gasteiger partial charge >= 0.3 is 5.97 Å². The van der Waals surface area contributed by atoms with E-state index < -0.39 is 233 Å². The van der Waals surface area contributed by atoms with Crippen molar-refractivity contribution < 1.29 is 96.8 Å². The second-order valence-corrected chi connectivity index (χ2v) is 37.5. The molecule has 2 spiro atoms. The summed E-state index contributed by atoms with van der Waals surface area (Å²) < 4.78 is 0. The smallest absolute Gasteiger partial charge is 0.305 e. The van der Waals surface area contributed by atoms with Crippen LogP contribution in [0.5, 0.6) is 5.75 Å². The number of thioether (sulfide) groups is 1. The van der Waals surface area contributed by atoms with E-state index in [1.807, 2.05) is 13.8 Å². The number of benzene rings is 3. The first-order valence-electron chi connectivity index (χ1n) is 46.4. The number of hydrogen-bond acceptors (Lipinski definition) is 22. The van der Waals surface area contributed by atoms with Crippen molar-refractivity contribution in [2.75, 3.05) is 65.4 Å². The summed E-state index contributed by atoms with van der Waals surface area (Å²) in [5, 5.41) is 70.6. The van der Waals surface area contributed by atoms with Gasteiger partial charge in [-0.05, 0) is 136 Å². The maximum absolute atomic E-state index is 16.2. The molecule has 16 amide bonds. The number of aliphatic carboxylic acids is 1. The number of primary amides is 1. The van der Waals surface area contributed by atoms with E-state index in [2.05, 4.69) is 78.4 Å². The lowest BCUT2D eigenvalue weighted by atomic mass is 9.99. The maximum Gasteiger partial charge on any atom is 0.305 e. The monoisotopic (exact) mass is 1920 g/mol. The number of nitrogens with two attached hydrogens (primary N) is 2. The van der Waals surface area contributed by atoms with E-state index in [1.54, 1.807) is 74.8 Å². The number of rotatable bonds is 24. The topological polar surface area (TPSA) is 636 Å². The van der Waals surface area contributed by atoms with Gasteiger partial charge in [0.1, 0.15) is 89.3 Å². The number of carbonyl (C=O) groups excluding carboxylic acids is 16. The lowest BCUT2D eigenvalue weighted by molar-refractivity contribution is -0.153. The molecule has 2 saturated carbocycles. The molecule has 3 saturated heterocycles. The van der Waals surface area contributed by atoms with Crippen LogP contribution in [-0.2, 0) is 107 Å². The normalized spacial score (nSPS) is 26.8. The molecule has 16 atom stereocenters. The van der Waals surface area contributed by atoms with E-state index in [0.717, 1.165) is 21.6 Å². The molecule has 3 aromatic heterocycles. The van der Waals surface area contributed by atoms with Crippen LogP contribution in [0.3, 0.4) is 0 Å². The van der Waals surface area contributed by atoms with Crippen molar-refractivity contribution >= 4 is 140 Å². The Morgan fingerprint density at radius 2 is 1.10 bits per heavy atom. The van der Waals surface area contributed by atoms with Crippen molar-refractivity contribution in [2.24, 2.45) is 29.2 Å². The van der Waals surface area contributed by atoms with Crippen LogP contribution in [0.25, 0.3) is 21.8 Å². The number of aromatic amines is 3. The second-order valence-electron chi connectivity index (χ2n) is 36.4. The number of aromatic nitrogens is 4. The average molecular weight is 1920 g/mol. The summed E-state index contributed by atoms with van der Waals surface area (Å²) in [5.41, 5.74) is 10.8. The van der Waals surface area contributed by atoms with Gasteiger partial charge in [-0.2, -0.15) is 0 Å². The number of carbonyl (C=O) groups is 17. The van der Waals surface area contributed by atoms with Crippen LogP contribution in [-0.4, -0.2) is 315 Å². The number of imidazole rings is 1. The maximum atomic E-state index is 16.2. The predicted molar refractivity (Wildman–Crippen MR) is 502 cm³/mol. The van der Waals surface area contributed by atoms with Gasteiger partial charge in [0, 0.05) is 118 Å². The average Bonchev–Trinajstić information content (AvgIpc) is 1.53. The fourth-order valence-electron chi connectivity index (χ4n) is 18.8. The van der Waals surface area contributed by atoms with Crippen molar-refractivity contribution in [1.82, 2.24) is 103 Å². The molecule has 6 heterocycles. The third-order valence-electron chi connectivity index (χ3n) is 26.4. The number of carboxylic acid groups (broad SMARTS) is 1. The van der Waals surface area contributed by atoms with Crippen LogP contribution >= 0.6 is 11.8 Å². The Morgan fingerprint density at radius 3 is 1.66 bits per heavy atom. The molecule has 3 aromatic carbocycles. The minimum atomic E-state index is -1.89. The molecule has 11 rings (SSSR count). The number of aromatic hydroxyl groups is 1. The number of para-hydroxylation sites is 2. The Morgan fingerprint density at radius 1 is 0.577 bits per heavy atom. The summed E-state index contributed by atoms with van der Waals surface area (Å²) >= 11 is 0.766. The second kappa shape index (κ2) is 46.7. The van der Waals surface area contributed by atoms with Gasteiger partial charge in [-0.1, -0.05) is 89.1 Å². The molecule has 740 valence electrons. The molecule has 22 N–H and O–H groups in total. The Labute approximate surface area is 795 Å². The third-order valence-corrected chi connectivity index (χ3v) is 27.4. The Kier molecular flexibility index (Phi) is 35.4. The molecule has 3 unspecified atom stereocenters. The number of phenols is 1. The number of likely N-dealkylation sites (N-methyl/N-ethyl adjacent to an activating group) is 3. The lowest BCUT2D eigenvalue weighted by Crippen LogP contribution is -2.63. The first-order valence-corrected chi connectivity index (χ1v) is 47.5. The van der Waals surface area contributed by atoms with E-state index in [-0.39, 0.29) is 115 Å². The van der Waals surface area contributed by atoms with Crippen molar-refractivity contribution in [3.63, 3.8) is 0 Å². The van der Waals surface area contributed by atoms with E-state index in [1.165, 1.54) is 79.6 Å². The van der Waals surface area contributed by atoms with Gasteiger partial charge < -0.3 is 125 Å². The number of nitrogens with one attached hydrogen (secondary N) is 15. The molecule has 0 radical (unpaired) electrons. The molecule has 6 aromatic rings. The number of aliphatic hydroxyl groups is 1. The van der Waals surface area contributed by atoms with E-state index in [0.29, 0.717) is 69.9 Å². The molecule has 44 heteroatoms. The summed E-state index contributed by atoms with van der Waals surface area (Å²) in [6.07, 6.45) is 6.20. The first-order chi connectivity index (χ1) is 65.3. The van der Waals surface area contributed by atoms with Crippen molar-refractivity contribution in [3.05, 3.63) is 120 Å². The van der Waals surface area contributed by atoms with Crippen molar-refractivity contribution in [2.45, 2.75) is 234 Å². The number of nitrogens with zero attached hydrogens (tertiary/aromatic N) is 6. The van der Waals surface area contributed by atoms with Crippen LogP contribution in [0, 0.1) is 23.2 Å². The molecule has 5 fully saturated rings. The van der Waals surface area contributed by atoms with Crippen molar-refractivity contribution in [3.8, 4) is 5.75 Å². The highest BCUT2D eigenvalue weighted by Gasteiger charge is 2.71. The van der Waals surface area contributed by atoms with E-state index in [9.17, 15) is 53.7 Å². The number of carboxylic acids is 1. The van der Waals surface area contributed by atoms with Crippen LogP contribution in [0.4, 0.5) is 0 Å². The fraction of sp³-hybridized carbons (Fsp3) is 0.538. The van der Waals surface area contributed by atoms with Gasteiger partial charge in [-0.15, -0.1) is 11.8 Å². The van der Waals surface area contributed by atoms with E-state index >= 15 is 43.2 Å². The molecule has 2 aliphatic carbocycles. The quantitative estimate of drug-likeness (QED) is 0.0190. The third kappa shape index (κ3) is 25.5. The minimum absolute atomic E-state index is 0.00639. The Bertz CT molecular complexity index is 5440. The van der Waals surface area contributed by atoms with Gasteiger partial charge in [-0.25, -0.2) is 4.98 Å². The summed E-state index contributed by atoms with van der Waals surface area (Å²) in [6, 6.07) is 1.13. The largest absolute Gasteiger partial charge is 0.508 e. The number of H-pyrrole nitrogens is 3. The van der Waals surface area contributed by atoms with Crippen LogP contribution in [0.1, 0.15) is 147 Å². The summed E-state index contributed by atoms with van der Waals surface area (Å²) in [5.74, 6) is -18.9. The van der Waals surface area contributed by atoms with Gasteiger partial charge in [0.2, 0.25) is 94.5 Å². The number of phenolic OH excluding ortho intramolecular Hbond substituents is 1. The number of amides is 16. The molecule has 5 aliphatic rings. The van der Waals surface area contributed by atoms with Crippen LogP contribution in [0.15, 0.2) is 97.7 Å². The van der Waals surface area contributed by atoms with Gasteiger partial charge in [0.15, 0.2) is 5.96 Å². The molecule has 137 heavy (non-hydrogen) atoms. The molecule has 3 aliphatic heterocycles. The standard InChI is InChI=1S/C93H127N23O20S/c1-9-18-55-40-92(55)89(135)111-63(24-15-31-98-91(95)96)79(125)110-71(78(124)101-45-74(94)119)47-137-48-75(120)103-67(35-52-27-29-58(118)30-28-52)85(131)112(6)51(5)77(123)106-69(39-76(121)122)88(134)116-33-17-26-73(116)84(130)105-65(38-57-44-97-49-102-57)81(127)107-66(34-50(3)4)87(133)115-32-16-25-72(115)83(129)104-64(36-53-42-99-61-22-13-11-20-59(53)61)80(126)109-70(46-117)82(128)108-68(37-54-43-100-62-23-14-12-21-60(54)62)86(132)113(7)93(90(136)114(92)8)41-56(93)19-10-2/h11-14,20-23,27-30,42-44,49-51,55-56,63-73,99-100,117-118H,9-10,15-19,24-26,31-41,45-48H2,1-8H3,(H2,94,119)(H,97,102)(H,101,124)(H,103,120)(H,104,129)(H,105,130)(H,106,123)(H,107,127)(H,108,128)(H,109,126)(H,110,125)(H,111,135)(H,121,122)(H4,95,96,98)/t51-,55?,56+,63-,64-,65-,66-,67-,68-,69-,70-,71-,72-,73-,92?,93?/m0/s1. The van der Waals surface area contributed by atoms with Gasteiger partial charge in [-0.3, -0.25) is 86.9 Å². The Balaban J connectivity index is 0.955. The Hall–Kier alpha value is -13.7. The molecule has 43 nitrogen and oxygen atoms in total. The highest BCUT2D eigenvalue weighted by atomic mass is 32.2. The summed E-state index contributed by atoms with van der Waals surface area (Å²) in [7, 11) is 4.06. The molecular weight excluding hydrogens is 1790 g/mol. The molecule has 0 bridgehead atoms. The first kappa shape index (κ1) is 104. The zero-order valence-corrected chi connectivity index (χ0v) is 78.9. The zero-order chi connectivity index (χ0) is 99.4. The fourth-order valence-corrected chi connectivity index (χ4v) is 19.6. The zero-order valence-electron chi connectivity index (χ0n) is 78.1. The predicted octanol–water partition coefficient (Wildman–Crippen LogP) is -1.30. The number of guanidine groups is 1. The lowest BCUT2D eigenvalue weighted by Gasteiger charge is -2.38. The van der Waals surface area contributed by atoms with Crippen LogP contribution < -0.4 is 70.0 Å². The van der Waals surface area contributed by atoms with Gasteiger partial charge in [0.05, 0.1) is 31.7 Å². The van der Waals surface area contributed by atoms with E-state index in [4.69, 9.17) is 16.9 Å². The van der Waals surface area contributed by atoms with Gasteiger partial charge in [0.25, 0.3) is 0 Å². The number of fused-ring (bicyclic) bond motifs is 4. The highest BCUT2D eigenvalue weighted by molar-refractivity contribution is 8.00. The molecular formula is C93H127N23O20S. The summed E-state index contributed by atoms with van der Waals surface area (Å²) in [6.45, 7) is 6.65. The SMILES string of the molecule is CCCC1CC12C(=O)N[C@@H](CCCNC(=N)N)C(=O)N[C@H](C(=O)NCC(N)=O)CSCC(=O)N[C@@H](Cc1ccc(O)cc1)C(=O)N(C)[C@@H](C)C(=O)N[C@@H](CC(=O)O)C(=O)N1CCC[C@H]1C(=O)N[C@@H](Cc1cnc[nH]1)C(=O)N[C@@H](CC(C)C)C(=O)N1CCC[C@H]1C(=O)N[C@@H](Cc1c[nH]c3ccccc13)C(=O)N[C@@H](CO)C(=O)N[C@@H](Cc1c[nH]c3ccccc13)C(=O)N(C)C1(C[C@H]1CCC)C(=O)N2C. The minimum Gasteiger partial charge on any atom is -0.508 e.